The van der Waals surface area contributed by atoms with Crippen molar-refractivity contribution in [2.24, 2.45) is 22.7 Å². The van der Waals surface area contributed by atoms with Crippen molar-refractivity contribution in [1.29, 1.82) is 0 Å². The molecule has 3 aliphatic carbocycles. The van der Waals surface area contributed by atoms with E-state index in [0.29, 0.717) is 5.92 Å². The molecular weight excluding hydrogens is 578 g/mol. The number of aliphatic hydroxyl groups excluding tert-OH is 4. The van der Waals surface area contributed by atoms with Gasteiger partial charge in [0, 0.05) is 17.8 Å². The van der Waals surface area contributed by atoms with Gasteiger partial charge in [-0.15, -0.1) is 0 Å². The van der Waals surface area contributed by atoms with Crippen molar-refractivity contribution >= 4 is 23.3 Å². The van der Waals surface area contributed by atoms with Crippen molar-refractivity contribution in [2.75, 3.05) is 19.0 Å². The van der Waals surface area contributed by atoms with Gasteiger partial charge in [0.15, 0.2) is 11.5 Å². The van der Waals surface area contributed by atoms with Gasteiger partial charge in [-0.1, -0.05) is 13.0 Å². The van der Waals surface area contributed by atoms with E-state index in [1.807, 2.05) is 6.92 Å². The third-order valence-corrected chi connectivity index (χ3v) is 10.7. The molecule has 1 aromatic rings. The normalized spacial score (nSPS) is 41.8. The summed E-state index contributed by atoms with van der Waals surface area (Å²) in [5.41, 5.74) is -1.82. The van der Waals surface area contributed by atoms with E-state index >= 15 is 0 Å². The minimum absolute atomic E-state index is 0.0642. The Bertz CT molecular complexity index is 1400. The second-order valence-corrected chi connectivity index (χ2v) is 13.3. The number of rotatable bonds is 8. The number of anilines is 1. The molecule has 1 aromatic carbocycles. The topological polar surface area (TPSA) is 201 Å². The Morgan fingerprint density at radius 2 is 1.89 bits per heavy atom. The lowest BCUT2D eigenvalue weighted by Gasteiger charge is -2.55. The highest BCUT2D eigenvalue weighted by molar-refractivity contribution is 6.01. The highest BCUT2D eigenvalue weighted by atomic mass is 16.7. The third kappa shape index (κ3) is 4.63. The summed E-state index contributed by atoms with van der Waals surface area (Å²) >= 11 is 0. The van der Waals surface area contributed by atoms with Crippen LogP contribution in [-0.2, 0) is 23.8 Å². The fraction of sp³-hybridized carbons (Fsp3) is 0.645. The van der Waals surface area contributed by atoms with Gasteiger partial charge in [-0.25, -0.2) is 4.79 Å². The third-order valence-electron chi connectivity index (χ3n) is 10.7. The van der Waals surface area contributed by atoms with Gasteiger partial charge >= 0.3 is 5.97 Å². The summed E-state index contributed by atoms with van der Waals surface area (Å²) in [5.74, 6) is -2.09. The molecule has 3 aliphatic heterocycles. The second kappa shape index (κ2) is 10.8. The summed E-state index contributed by atoms with van der Waals surface area (Å²) in [7, 11) is 1.12. The number of carbonyl (C=O) groups is 3. The zero-order valence-electron chi connectivity index (χ0n) is 24.8. The molecule has 0 radical (unpaired) electrons. The minimum atomic E-state index is -1.77. The number of hydrogen-bond acceptors (Lipinski definition) is 12. The first kappa shape index (κ1) is 30.9. The van der Waals surface area contributed by atoms with Crippen LogP contribution in [0.2, 0.25) is 0 Å². The first-order valence-electron chi connectivity index (χ1n) is 14.9. The summed E-state index contributed by atoms with van der Waals surface area (Å²) in [5, 5.41) is 53.8. The van der Waals surface area contributed by atoms with Gasteiger partial charge in [-0.2, -0.15) is 0 Å². The number of amides is 1. The zero-order valence-corrected chi connectivity index (χ0v) is 24.8. The number of benzene rings is 1. The number of nitrogens with one attached hydrogen (secondary N) is 1. The van der Waals surface area contributed by atoms with E-state index in [1.165, 1.54) is 12.1 Å². The molecule has 1 amide bonds. The number of carbonyl (C=O) groups excluding carboxylic acids is 3. The molecule has 0 aromatic heterocycles. The number of hydrogen-bond donors (Lipinski definition) is 6. The Labute approximate surface area is 253 Å². The number of aliphatic hydroxyl groups is 4. The van der Waals surface area contributed by atoms with E-state index in [-0.39, 0.29) is 58.7 Å². The number of methoxy groups -OCH3 is 1. The molecule has 3 heterocycles. The van der Waals surface area contributed by atoms with Crippen LogP contribution in [0.5, 0.6) is 11.5 Å². The summed E-state index contributed by atoms with van der Waals surface area (Å²) in [4.78, 5) is 39.1. The molecular formula is C31H39NO12. The Morgan fingerprint density at radius 1 is 1.14 bits per heavy atom. The van der Waals surface area contributed by atoms with Crippen LogP contribution < -0.4 is 10.1 Å². The van der Waals surface area contributed by atoms with Gasteiger partial charge < -0.3 is 49.8 Å². The standard InChI is InChI=1S/C31H39NO12/c1-29(19(34)6-9-31-11-14-10-17(26(29)31)44-30(14,2)13-31)8-7-20(35)32-21-16(5-4-15(22(21)36)27(40)41-3)42-28-25(39)24(38)23(37)18(12-33)43-28/h4-6,9,14,17-18,23-26,28,33,36-39H,7-8,10-13H2,1-3H3,(H,32,35). The molecule has 4 bridgehead atoms. The van der Waals surface area contributed by atoms with Crippen LogP contribution in [0.1, 0.15) is 56.3 Å². The molecule has 2 saturated carbocycles. The summed E-state index contributed by atoms with van der Waals surface area (Å²) in [6.45, 7) is 3.34. The summed E-state index contributed by atoms with van der Waals surface area (Å²) in [6, 6.07) is 2.40. The second-order valence-electron chi connectivity index (χ2n) is 13.3. The van der Waals surface area contributed by atoms with Gasteiger partial charge in [0.1, 0.15) is 41.4 Å². The van der Waals surface area contributed by atoms with Crippen LogP contribution in [0.4, 0.5) is 5.69 Å². The lowest BCUT2D eigenvalue weighted by atomic mass is 9.51. The average molecular weight is 618 g/mol. The van der Waals surface area contributed by atoms with Crippen LogP contribution in [0.25, 0.3) is 0 Å². The Balaban J connectivity index is 1.23. The van der Waals surface area contributed by atoms with E-state index in [0.717, 1.165) is 26.4 Å². The van der Waals surface area contributed by atoms with Crippen molar-refractivity contribution in [1.82, 2.24) is 0 Å². The quantitative estimate of drug-likeness (QED) is 0.177. The maximum Gasteiger partial charge on any atom is 0.341 e. The monoisotopic (exact) mass is 617 g/mol. The molecule has 6 N–H and O–H groups in total. The number of phenolic OH excluding ortho intramolecular Hbond substituents is 1. The fourth-order valence-electron chi connectivity index (χ4n) is 8.57. The van der Waals surface area contributed by atoms with E-state index in [1.54, 1.807) is 6.08 Å². The Morgan fingerprint density at radius 3 is 2.57 bits per heavy atom. The highest BCUT2D eigenvalue weighted by Gasteiger charge is 2.71. The van der Waals surface area contributed by atoms with Gasteiger partial charge in [0.05, 0.1) is 25.4 Å². The molecule has 5 fully saturated rings. The van der Waals surface area contributed by atoms with Gasteiger partial charge in [0.25, 0.3) is 0 Å². The number of phenols is 1. The van der Waals surface area contributed by atoms with E-state index in [9.17, 15) is 39.9 Å². The van der Waals surface area contributed by atoms with E-state index in [2.05, 4.69) is 18.3 Å². The predicted octanol–water partition coefficient (Wildman–Crippen LogP) is 0.795. The molecule has 240 valence electrons. The van der Waals surface area contributed by atoms with Crippen LogP contribution in [0.15, 0.2) is 24.3 Å². The molecule has 13 heteroatoms. The molecule has 11 unspecified atom stereocenters. The molecule has 6 aliphatic rings. The van der Waals surface area contributed by atoms with Crippen LogP contribution in [0.3, 0.4) is 0 Å². The van der Waals surface area contributed by atoms with Crippen molar-refractivity contribution in [2.45, 2.75) is 88.4 Å². The summed E-state index contributed by atoms with van der Waals surface area (Å²) < 4.78 is 22.3. The van der Waals surface area contributed by atoms with Gasteiger partial charge in [-0.05, 0) is 62.1 Å². The molecule has 7 rings (SSSR count). The molecule has 13 nitrogen and oxygen atoms in total. The smallest absolute Gasteiger partial charge is 0.341 e. The first-order valence-corrected chi connectivity index (χ1v) is 14.9. The number of ketones is 1. The number of ether oxygens (including phenoxy) is 4. The first-order chi connectivity index (χ1) is 20.8. The number of esters is 1. The predicted molar refractivity (Wildman–Crippen MR) is 151 cm³/mol. The van der Waals surface area contributed by atoms with Crippen LogP contribution in [-0.4, -0.2) is 99.3 Å². The minimum Gasteiger partial charge on any atom is -0.505 e. The van der Waals surface area contributed by atoms with Gasteiger partial charge in [0.2, 0.25) is 12.2 Å². The highest BCUT2D eigenvalue weighted by Crippen LogP contribution is 2.71. The molecule has 44 heavy (non-hydrogen) atoms. The largest absolute Gasteiger partial charge is 0.505 e. The Kier molecular flexibility index (Phi) is 7.58. The maximum absolute atomic E-state index is 13.4. The zero-order chi connectivity index (χ0) is 31.8. The van der Waals surface area contributed by atoms with Gasteiger partial charge in [-0.3, -0.25) is 9.59 Å². The van der Waals surface area contributed by atoms with Crippen molar-refractivity contribution in [3.8, 4) is 11.5 Å². The van der Waals surface area contributed by atoms with E-state index in [4.69, 9.17) is 18.9 Å². The maximum atomic E-state index is 13.4. The van der Waals surface area contributed by atoms with Crippen LogP contribution in [0, 0.1) is 22.7 Å². The lowest BCUT2D eigenvalue weighted by Crippen LogP contribution is -2.60. The molecule has 3 saturated heterocycles. The number of allylic oxidation sites excluding steroid dienone is 2. The van der Waals surface area contributed by atoms with Crippen LogP contribution >= 0.6 is 0 Å². The Hall–Kier alpha value is -3.07. The van der Waals surface area contributed by atoms with E-state index < -0.39 is 60.4 Å². The number of aromatic hydroxyl groups is 1. The summed E-state index contributed by atoms with van der Waals surface area (Å²) in [6.07, 6.45) is -1.60. The fourth-order valence-corrected chi connectivity index (χ4v) is 8.57. The molecule has 1 spiro atoms. The SMILES string of the molecule is COC(=O)c1ccc(OC2OC(CO)C(O)C(O)C2O)c(NC(=O)CCC2(C)C(=O)C=CC34CC5CC(OC5(C)C3)C42)c1O. The average Bonchev–Trinajstić information content (AvgIpc) is 3.36. The lowest BCUT2D eigenvalue weighted by molar-refractivity contribution is -0.277. The van der Waals surface area contributed by atoms with Crippen molar-refractivity contribution in [3.05, 3.63) is 29.8 Å². The van der Waals surface area contributed by atoms with Crippen molar-refractivity contribution in [3.63, 3.8) is 0 Å². The van der Waals surface area contributed by atoms with Crippen molar-refractivity contribution < 1.29 is 58.9 Å². The molecule has 11 atom stereocenters.